The van der Waals surface area contributed by atoms with Crippen LogP contribution in [0.5, 0.6) is 5.75 Å². The van der Waals surface area contributed by atoms with E-state index in [1.165, 1.54) is 6.92 Å². The first-order valence-electron chi connectivity index (χ1n) is 4.73. The van der Waals surface area contributed by atoms with Gasteiger partial charge in [-0.15, -0.1) is 0 Å². The average molecular weight is 246 g/mol. The Kier molecular flexibility index (Phi) is 4.37. The molecule has 1 aromatic carbocycles. The van der Waals surface area contributed by atoms with Gasteiger partial charge in [-0.1, -0.05) is 24.4 Å². The molecule has 0 fully saturated rings. The van der Waals surface area contributed by atoms with Crippen LogP contribution in [0.25, 0.3) is 6.08 Å². The predicted molar refractivity (Wildman–Crippen MR) is 68.1 cm³/mol. The number of benzene rings is 1. The van der Waals surface area contributed by atoms with Crippen molar-refractivity contribution in [2.45, 2.75) is 6.92 Å². The molecule has 5 heteroatoms. The summed E-state index contributed by atoms with van der Waals surface area (Å²) in [7, 11) is 0. The third-order valence-electron chi connectivity index (χ3n) is 1.84. The zero-order chi connectivity index (χ0) is 12.8. The summed E-state index contributed by atoms with van der Waals surface area (Å²) in [6.45, 7) is 1.33. The van der Waals surface area contributed by atoms with E-state index in [2.05, 4.69) is 0 Å². The lowest BCUT2D eigenvalue weighted by molar-refractivity contribution is -0.131. The molecule has 1 rings (SSSR count). The highest BCUT2D eigenvalue weighted by Crippen LogP contribution is 2.14. The van der Waals surface area contributed by atoms with E-state index in [0.29, 0.717) is 5.75 Å². The molecule has 0 heterocycles. The summed E-state index contributed by atoms with van der Waals surface area (Å²) in [6, 6.07) is 8.56. The maximum atomic E-state index is 10.7. The molecule has 2 N–H and O–H groups in total. The van der Waals surface area contributed by atoms with Gasteiger partial charge in [0.05, 0.1) is 5.57 Å². The van der Waals surface area contributed by atoms with Gasteiger partial charge in [-0.3, -0.25) is 4.79 Å². The molecule has 0 spiro atoms. The van der Waals surface area contributed by atoms with Crippen molar-refractivity contribution < 1.29 is 9.53 Å². The number of hydrogen-bond acceptors (Lipinski definition) is 4. The molecule has 0 unspecified atom stereocenters. The second kappa shape index (κ2) is 5.77. The smallest absolute Gasteiger partial charge is 0.308 e. The van der Waals surface area contributed by atoms with E-state index in [-0.39, 0.29) is 16.5 Å². The molecule has 4 nitrogen and oxygen atoms in total. The van der Waals surface area contributed by atoms with Crippen molar-refractivity contribution in [2.75, 3.05) is 0 Å². The van der Waals surface area contributed by atoms with E-state index < -0.39 is 0 Å². The van der Waals surface area contributed by atoms with Gasteiger partial charge in [-0.05, 0) is 23.8 Å². The molecule has 0 aliphatic rings. The maximum Gasteiger partial charge on any atom is 0.308 e. The second-order valence-electron chi connectivity index (χ2n) is 3.20. The van der Waals surface area contributed by atoms with Crippen LogP contribution < -0.4 is 10.5 Å². The molecule has 86 valence electrons. The molecular formula is C12H10N2O2S. The summed E-state index contributed by atoms with van der Waals surface area (Å²) in [6.07, 6.45) is 1.57. The number of ether oxygens (including phenoxy) is 1. The van der Waals surface area contributed by atoms with Gasteiger partial charge in [0, 0.05) is 6.92 Å². The van der Waals surface area contributed by atoms with E-state index >= 15 is 0 Å². The van der Waals surface area contributed by atoms with E-state index in [4.69, 9.17) is 28.0 Å². The quantitative estimate of drug-likeness (QED) is 0.289. The van der Waals surface area contributed by atoms with Crippen molar-refractivity contribution in [3.8, 4) is 11.8 Å². The van der Waals surface area contributed by atoms with Gasteiger partial charge < -0.3 is 10.5 Å². The lowest BCUT2D eigenvalue weighted by Crippen LogP contribution is -2.09. The molecule has 17 heavy (non-hydrogen) atoms. The Morgan fingerprint density at radius 1 is 1.47 bits per heavy atom. The predicted octanol–water partition coefficient (Wildman–Crippen LogP) is 1.80. The third-order valence-corrected chi connectivity index (χ3v) is 2.06. The highest BCUT2D eigenvalue weighted by Gasteiger charge is 2.01. The van der Waals surface area contributed by atoms with Gasteiger partial charge in [0.2, 0.25) is 0 Å². The van der Waals surface area contributed by atoms with Crippen LogP contribution in [0.1, 0.15) is 12.5 Å². The largest absolute Gasteiger partial charge is 0.427 e. The molecule has 0 atom stereocenters. The minimum atomic E-state index is -0.380. The van der Waals surface area contributed by atoms with Crippen LogP contribution in [0.3, 0.4) is 0 Å². The number of carbonyl (C=O) groups excluding carboxylic acids is 1. The fraction of sp³-hybridized carbons (Fsp3) is 0.0833. The normalized spacial score (nSPS) is 10.5. The fourth-order valence-electron chi connectivity index (χ4n) is 1.12. The average Bonchev–Trinajstić information content (AvgIpc) is 2.26. The molecule has 0 bridgehead atoms. The van der Waals surface area contributed by atoms with Crippen LogP contribution in [-0.2, 0) is 4.79 Å². The van der Waals surface area contributed by atoms with E-state index in [9.17, 15) is 4.79 Å². The molecule has 0 aliphatic heterocycles. The highest BCUT2D eigenvalue weighted by atomic mass is 32.1. The van der Waals surface area contributed by atoms with Crippen molar-refractivity contribution in [1.29, 1.82) is 5.26 Å². The lowest BCUT2D eigenvalue weighted by Gasteiger charge is -2.01. The van der Waals surface area contributed by atoms with Crippen LogP contribution in [-0.4, -0.2) is 11.0 Å². The van der Waals surface area contributed by atoms with Crippen LogP contribution in [0, 0.1) is 11.3 Å². The molecule has 0 saturated carbocycles. The van der Waals surface area contributed by atoms with E-state index in [1.807, 2.05) is 6.07 Å². The molecule has 1 aromatic rings. The first-order valence-corrected chi connectivity index (χ1v) is 5.14. The second-order valence-corrected chi connectivity index (χ2v) is 3.64. The fourth-order valence-corrected chi connectivity index (χ4v) is 1.23. The Bertz CT molecular complexity index is 512. The summed E-state index contributed by atoms with van der Waals surface area (Å²) in [5.74, 6) is 0.0672. The first kappa shape index (κ1) is 12.9. The Labute approximate surface area is 104 Å². The summed E-state index contributed by atoms with van der Waals surface area (Å²) in [4.78, 5) is 10.8. The Morgan fingerprint density at radius 3 is 2.47 bits per heavy atom. The monoisotopic (exact) mass is 246 g/mol. The number of thiocarbonyl (C=S) groups is 1. The number of carbonyl (C=O) groups is 1. The molecule has 0 amide bonds. The molecule has 0 saturated heterocycles. The topological polar surface area (TPSA) is 76.1 Å². The number of nitrogens with two attached hydrogens (primary N) is 1. The van der Waals surface area contributed by atoms with Crippen molar-refractivity contribution in [3.05, 3.63) is 35.4 Å². The minimum Gasteiger partial charge on any atom is -0.427 e. The summed E-state index contributed by atoms with van der Waals surface area (Å²) in [5.41, 5.74) is 6.35. The van der Waals surface area contributed by atoms with E-state index in [0.717, 1.165) is 5.56 Å². The van der Waals surface area contributed by atoms with Crippen LogP contribution in [0.4, 0.5) is 0 Å². The molecule has 0 aromatic heterocycles. The number of rotatable bonds is 3. The Morgan fingerprint density at radius 2 is 2.06 bits per heavy atom. The van der Waals surface area contributed by atoms with Crippen molar-refractivity contribution in [2.24, 2.45) is 5.73 Å². The van der Waals surface area contributed by atoms with E-state index in [1.54, 1.807) is 30.3 Å². The van der Waals surface area contributed by atoms with Crippen LogP contribution in [0.15, 0.2) is 29.8 Å². The van der Waals surface area contributed by atoms with Gasteiger partial charge >= 0.3 is 5.97 Å². The molecular weight excluding hydrogens is 236 g/mol. The van der Waals surface area contributed by atoms with Crippen LogP contribution in [0.2, 0.25) is 0 Å². The standard InChI is InChI=1S/C12H10N2O2S/c1-8(15)16-11-4-2-9(3-5-11)6-10(7-13)12(14)17/h2-6H,1H3,(H2,14,17). The minimum absolute atomic E-state index is 0.0524. The summed E-state index contributed by atoms with van der Waals surface area (Å²) < 4.78 is 4.87. The Hall–Kier alpha value is -2.19. The van der Waals surface area contributed by atoms with Crippen molar-refractivity contribution in [1.82, 2.24) is 0 Å². The first-order chi connectivity index (χ1) is 8.02. The summed E-state index contributed by atoms with van der Waals surface area (Å²) in [5, 5.41) is 8.78. The third kappa shape index (κ3) is 4.05. The van der Waals surface area contributed by atoms with Gasteiger partial charge in [-0.2, -0.15) is 5.26 Å². The van der Waals surface area contributed by atoms with Crippen LogP contribution >= 0.6 is 12.2 Å². The SMILES string of the molecule is CC(=O)Oc1ccc(C=C(C#N)C(N)=S)cc1. The zero-order valence-corrected chi connectivity index (χ0v) is 9.95. The van der Waals surface area contributed by atoms with Crippen molar-refractivity contribution in [3.63, 3.8) is 0 Å². The summed E-state index contributed by atoms with van der Waals surface area (Å²) >= 11 is 4.72. The van der Waals surface area contributed by atoms with Gasteiger partial charge in [0.1, 0.15) is 16.8 Å². The Balaban J connectivity index is 2.92. The zero-order valence-electron chi connectivity index (χ0n) is 9.14. The maximum absolute atomic E-state index is 10.7. The molecule has 0 radical (unpaired) electrons. The molecule has 0 aliphatic carbocycles. The van der Waals surface area contributed by atoms with Gasteiger partial charge in [-0.25, -0.2) is 0 Å². The van der Waals surface area contributed by atoms with Gasteiger partial charge in [0.25, 0.3) is 0 Å². The number of esters is 1. The highest BCUT2D eigenvalue weighted by molar-refractivity contribution is 7.80. The lowest BCUT2D eigenvalue weighted by atomic mass is 10.1. The van der Waals surface area contributed by atoms with Crippen molar-refractivity contribution >= 4 is 29.3 Å². The number of hydrogen-bond donors (Lipinski definition) is 1. The number of nitriles is 1. The van der Waals surface area contributed by atoms with Gasteiger partial charge in [0.15, 0.2) is 0 Å². The number of nitrogens with zero attached hydrogens (tertiary/aromatic N) is 1.